The molecule has 4 heteroatoms. The molecule has 2 atom stereocenters. The molecule has 0 aromatic heterocycles. The van der Waals surface area contributed by atoms with Crippen LogP contribution in [0.4, 0.5) is 5.69 Å². The molecule has 1 fully saturated rings. The monoisotopic (exact) mass is 256 g/mol. The highest BCUT2D eigenvalue weighted by molar-refractivity contribution is 6.44. The predicted octanol–water partition coefficient (Wildman–Crippen LogP) is 2.72. The summed E-state index contributed by atoms with van der Waals surface area (Å²) in [6, 6.07) is 5.03. The first-order valence-electron chi connectivity index (χ1n) is 5.64. The average Bonchev–Trinajstić information content (AvgIpc) is 2.64. The SMILES string of the molecule is CC1CNC[C@H]2Cc3ccc(Cl)c(Cl)c3N12. The number of hydrogen-bond donors (Lipinski definition) is 1. The van der Waals surface area contributed by atoms with E-state index in [0.29, 0.717) is 17.1 Å². The van der Waals surface area contributed by atoms with E-state index in [1.54, 1.807) is 0 Å². The van der Waals surface area contributed by atoms with Crippen molar-refractivity contribution in [1.82, 2.24) is 5.32 Å². The van der Waals surface area contributed by atoms with E-state index in [1.807, 2.05) is 6.07 Å². The van der Waals surface area contributed by atoms with Gasteiger partial charge in [0.15, 0.2) is 0 Å². The van der Waals surface area contributed by atoms with Crippen LogP contribution < -0.4 is 10.2 Å². The summed E-state index contributed by atoms with van der Waals surface area (Å²) >= 11 is 12.4. The number of halogens is 2. The van der Waals surface area contributed by atoms with E-state index in [-0.39, 0.29) is 0 Å². The third kappa shape index (κ3) is 1.44. The van der Waals surface area contributed by atoms with Crippen molar-refractivity contribution < 1.29 is 0 Å². The van der Waals surface area contributed by atoms with Gasteiger partial charge in [0.1, 0.15) is 0 Å². The van der Waals surface area contributed by atoms with E-state index in [9.17, 15) is 0 Å². The fourth-order valence-corrected chi connectivity index (χ4v) is 3.30. The van der Waals surface area contributed by atoms with Crippen LogP contribution in [0.25, 0.3) is 0 Å². The number of benzene rings is 1. The zero-order chi connectivity index (χ0) is 11.3. The van der Waals surface area contributed by atoms with Crippen molar-refractivity contribution in [3.8, 4) is 0 Å². The van der Waals surface area contributed by atoms with Gasteiger partial charge in [0, 0.05) is 25.2 Å². The van der Waals surface area contributed by atoms with Crippen LogP contribution in [0.15, 0.2) is 12.1 Å². The number of piperazine rings is 1. The van der Waals surface area contributed by atoms with Crippen LogP contribution in [0.1, 0.15) is 12.5 Å². The van der Waals surface area contributed by atoms with Crippen LogP contribution in [0.3, 0.4) is 0 Å². The van der Waals surface area contributed by atoms with Gasteiger partial charge in [-0.2, -0.15) is 0 Å². The minimum absolute atomic E-state index is 0.482. The van der Waals surface area contributed by atoms with Gasteiger partial charge in [-0.15, -0.1) is 0 Å². The Balaban J connectivity index is 2.11. The molecular formula is C12H14Cl2N2. The average molecular weight is 257 g/mol. The fourth-order valence-electron chi connectivity index (χ4n) is 2.87. The molecule has 0 saturated carbocycles. The van der Waals surface area contributed by atoms with Gasteiger partial charge in [-0.25, -0.2) is 0 Å². The number of hydrogen-bond acceptors (Lipinski definition) is 2. The molecule has 0 aliphatic carbocycles. The summed E-state index contributed by atoms with van der Waals surface area (Å²) in [7, 11) is 0. The molecule has 1 unspecified atom stereocenters. The molecular weight excluding hydrogens is 243 g/mol. The van der Waals surface area contributed by atoms with E-state index >= 15 is 0 Å². The van der Waals surface area contributed by atoms with Crippen molar-refractivity contribution in [2.45, 2.75) is 25.4 Å². The highest BCUT2D eigenvalue weighted by Gasteiger charge is 2.36. The summed E-state index contributed by atoms with van der Waals surface area (Å²) in [6.45, 7) is 4.28. The van der Waals surface area contributed by atoms with Crippen molar-refractivity contribution in [2.24, 2.45) is 0 Å². The molecule has 0 amide bonds. The third-order valence-electron chi connectivity index (χ3n) is 3.55. The van der Waals surface area contributed by atoms with E-state index in [4.69, 9.17) is 23.2 Å². The molecule has 1 aromatic carbocycles. The van der Waals surface area contributed by atoms with Crippen molar-refractivity contribution in [3.05, 3.63) is 27.7 Å². The summed E-state index contributed by atoms with van der Waals surface area (Å²) in [5.74, 6) is 0. The molecule has 0 radical (unpaired) electrons. The lowest BCUT2D eigenvalue weighted by Crippen LogP contribution is -2.54. The van der Waals surface area contributed by atoms with Gasteiger partial charge < -0.3 is 10.2 Å². The van der Waals surface area contributed by atoms with Gasteiger partial charge in [0.25, 0.3) is 0 Å². The number of fused-ring (bicyclic) bond motifs is 3. The number of anilines is 1. The molecule has 2 heterocycles. The first kappa shape index (κ1) is 10.7. The smallest absolute Gasteiger partial charge is 0.0828 e. The molecule has 3 rings (SSSR count). The van der Waals surface area contributed by atoms with Crippen LogP contribution in [0.5, 0.6) is 0 Å². The largest absolute Gasteiger partial charge is 0.361 e. The quantitative estimate of drug-likeness (QED) is 0.768. The van der Waals surface area contributed by atoms with Gasteiger partial charge in [0.2, 0.25) is 0 Å². The second-order valence-electron chi connectivity index (χ2n) is 4.64. The Labute approximate surface area is 106 Å². The van der Waals surface area contributed by atoms with Gasteiger partial charge in [0.05, 0.1) is 15.7 Å². The lowest BCUT2D eigenvalue weighted by Gasteiger charge is -2.38. The normalized spacial score (nSPS) is 27.8. The maximum absolute atomic E-state index is 6.33. The Hall–Kier alpha value is -0.440. The van der Waals surface area contributed by atoms with Gasteiger partial charge >= 0.3 is 0 Å². The fraction of sp³-hybridized carbons (Fsp3) is 0.500. The molecule has 1 N–H and O–H groups in total. The van der Waals surface area contributed by atoms with Crippen molar-refractivity contribution in [3.63, 3.8) is 0 Å². The summed E-state index contributed by atoms with van der Waals surface area (Å²) in [6.07, 6.45) is 1.07. The van der Waals surface area contributed by atoms with Crippen molar-refractivity contribution in [2.75, 3.05) is 18.0 Å². The van der Waals surface area contributed by atoms with Gasteiger partial charge in [-0.3, -0.25) is 0 Å². The topological polar surface area (TPSA) is 15.3 Å². The number of nitrogens with zero attached hydrogens (tertiary/aromatic N) is 1. The van der Waals surface area contributed by atoms with Crippen LogP contribution >= 0.6 is 23.2 Å². The van der Waals surface area contributed by atoms with E-state index < -0.39 is 0 Å². The van der Waals surface area contributed by atoms with Gasteiger partial charge in [-0.1, -0.05) is 29.3 Å². The minimum atomic E-state index is 0.482. The van der Waals surface area contributed by atoms with Crippen molar-refractivity contribution >= 4 is 28.9 Å². The molecule has 2 nitrogen and oxygen atoms in total. The van der Waals surface area contributed by atoms with Crippen LogP contribution in [0.2, 0.25) is 10.0 Å². The Morgan fingerprint density at radius 3 is 2.94 bits per heavy atom. The molecule has 1 saturated heterocycles. The summed E-state index contributed by atoms with van der Waals surface area (Å²) in [5.41, 5.74) is 2.49. The molecule has 0 bridgehead atoms. The number of rotatable bonds is 0. The first-order valence-corrected chi connectivity index (χ1v) is 6.40. The number of nitrogens with one attached hydrogen (secondary N) is 1. The van der Waals surface area contributed by atoms with E-state index in [2.05, 4.69) is 23.2 Å². The van der Waals surface area contributed by atoms with E-state index in [1.165, 1.54) is 5.56 Å². The zero-order valence-electron chi connectivity index (χ0n) is 9.13. The minimum Gasteiger partial charge on any atom is -0.361 e. The second-order valence-corrected chi connectivity index (χ2v) is 5.43. The highest BCUT2D eigenvalue weighted by Crippen LogP contribution is 2.43. The third-order valence-corrected chi connectivity index (χ3v) is 4.35. The first-order chi connectivity index (χ1) is 7.68. The predicted molar refractivity (Wildman–Crippen MR) is 68.8 cm³/mol. The lowest BCUT2D eigenvalue weighted by atomic mass is 10.1. The van der Waals surface area contributed by atoms with E-state index in [0.717, 1.165) is 30.2 Å². The van der Waals surface area contributed by atoms with Crippen molar-refractivity contribution in [1.29, 1.82) is 0 Å². The van der Waals surface area contributed by atoms with Crippen LogP contribution in [0, 0.1) is 0 Å². The standard InChI is InChI=1S/C12H14Cl2N2/c1-7-5-15-6-9-4-8-2-3-10(13)11(14)12(8)16(7)9/h2-3,7,9,15H,4-6H2,1H3/t7?,9-/m1/s1. The summed E-state index contributed by atoms with van der Waals surface area (Å²) < 4.78 is 0. The van der Waals surface area contributed by atoms with Crippen LogP contribution in [-0.2, 0) is 6.42 Å². The Kier molecular flexibility index (Phi) is 2.54. The lowest BCUT2D eigenvalue weighted by molar-refractivity contribution is 0.430. The maximum Gasteiger partial charge on any atom is 0.0828 e. The highest BCUT2D eigenvalue weighted by atomic mass is 35.5. The molecule has 2 aliphatic rings. The Morgan fingerprint density at radius 2 is 2.12 bits per heavy atom. The zero-order valence-corrected chi connectivity index (χ0v) is 10.6. The van der Waals surface area contributed by atoms with Crippen LogP contribution in [-0.4, -0.2) is 25.2 Å². The molecule has 16 heavy (non-hydrogen) atoms. The molecule has 2 aliphatic heterocycles. The maximum atomic E-state index is 6.33. The Bertz CT molecular complexity index is 433. The molecule has 86 valence electrons. The second kappa shape index (κ2) is 3.80. The van der Waals surface area contributed by atoms with Gasteiger partial charge in [-0.05, 0) is 25.0 Å². The molecule has 0 spiro atoms. The molecule has 1 aromatic rings. The summed E-state index contributed by atoms with van der Waals surface area (Å²) in [4.78, 5) is 2.43. The Morgan fingerprint density at radius 1 is 1.31 bits per heavy atom. The summed E-state index contributed by atoms with van der Waals surface area (Å²) in [5, 5.41) is 4.83.